The smallest absolute Gasteiger partial charge is 0.131 e. The van der Waals surface area contributed by atoms with Gasteiger partial charge >= 0.3 is 0 Å². The number of rotatable bonds is 8. The molecule has 0 bridgehead atoms. The zero-order valence-corrected chi connectivity index (χ0v) is 11.9. The van der Waals surface area contributed by atoms with Crippen molar-refractivity contribution in [3.63, 3.8) is 0 Å². The van der Waals surface area contributed by atoms with Crippen molar-refractivity contribution in [1.82, 2.24) is 15.5 Å². The molecule has 102 valence electrons. The van der Waals surface area contributed by atoms with Gasteiger partial charge in [-0.3, -0.25) is 0 Å². The topological polar surface area (TPSA) is 47.0 Å². The standard InChI is InChI=1S/C14H19N3OS/c1-18-10-9-15-11-14-17-16-13(19-14)8-7-12-5-3-2-4-6-12/h2-6,15H,7-11H2,1H3. The normalized spacial score (nSPS) is 10.8. The van der Waals surface area contributed by atoms with E-state index in [9.17, 15) is 0 Å². The van der Waals surface area contributed by atoms with Gasteiger partial charge in [0.05, 0.1) is 6.61 Å². The van der Waals surface area contributed by atoms with E-state index in [4.69, 9.17) is 4.74 Å². The Bertz CT molecular complexity index is 473. The summed E-state index contributed by atoms with van der Waals surface area (Å²) < 4.78 is 4.98. The van der Waals surface area contributed by atoms with Crippen LogP contribution in [-0.4, -0.2) is 30.5 Å². The Balaban J connectivity index is 1.74. The van der Waals surface area contributed by atoms with Crippen LogP contribution in [0.15, 0.2) is 30.3 Å². The fourth-order valence-electron chi connectivity index (χ4n) is 1.73. The summed E-state index contributed by atoms with van der Waals surface area (Å²) in [4.78, 5) is 0. The number of hydrogen-bond acceptors (Lipinski definition) is 5. The van der Waals surface area contributed by atoms with Crippen LogP contribution < -0.4 is 5.32 Å². The molecule has 1 heterocycles. The third-order valence-corrected chi connectivity index (χ3v) is 3.72. The summed E-state index contributed by atoms with van der Waals surface area (Å²) in [7, 11) is 1.70. The third kappa shape index (κ3) is 5.06. The molecule has 19 heavy (non-hydrogen) atoms. The second-order valence-corrected chi connectivity index (χ2v) is 5.39. The van der Waals surface area contributed by atoms with Crippen LogP contribution >= 0.6 is 11.3 Å². The lowest BCUT2D eigenvalue weighted by atomic mass is 10.1. The molecular weight excluding hydrogens is 258 g/mol. The minimum absolute atomic E-state index is 0.722. The first-order valence-corrected chi connectivity index (χ1v) is 7.25. The first-order valence-electron chi connectivity index (χ1n) is 6.43. The Morgan fingerprint density at radius 3 is 2.68 bits per heavy atom. The van der Waals surface area contributed by atoms with Crippen LogP contribution in [0.5, 0.6) is 0 Å². The van der Waals surface area contributed by atoms with Crippen molar-refractivity contribution < 1.29 is 4.74 Å². The maximum absolute atomic E-state index is 4.98. The molecule has 0 spiro atoms. The molecule has 0 aliphatic carbocycles. The lowest BCUT2D eigenvalue weighted by molar-refractivity contribution is 0.199. The number of aromatic nitrogens is 2. The van der Waals surface area contributed by atoms with E-state index in [1.165, 1.54) is 5.56 Å². The highest BCUT2D eigenvalue weighted by molar-refractivity contribution is 7.11. The molecule has 0 aliphatic heterocycles. The van der Waals surface area contributed by atoms with E-state index < -0.39 is 0 Å². The van der Waals surface area contributed by atoms with Gasteiger partial charge in [0, 0.05) is 26.6 Å². The van der Waals surface area contributed by atoms with Gasteiger partial charge in [-0.05, 0) is 12.0 Å². The lowest BCUT2D eigenvalue weighted by Gasteiger charge is -1.99. The molecule has 0 aliphatic rings. The van der Waals surface area contributed by atoms with Crippen molar-refractivity contribution in [2.45, 2.75) is 19.4 Å². The van der Waals surface area contributed by atoms with E-state index in [1.54, 1.807) is 18.4 Å². The van der Waals surface area contributed by atoms with Gasteiger partial charge < -0.3 is 10.1 Å². The number of aryl methyl sites for hydroxylation is 2. The molecule has 0 fully saturated rings. The zero-order chi connectivity index (χ0) is 13.3. The maximum Gasteiger partial charge on any atom is 0.131 e. The van der Waals surface area contributed by atoms with Gasteiger partial charge in [0.15, 0.2) is 0 Å². The van der Waals surface area contributed by atoms with Crippen LogP contribution in [0.3, 0.4) is 0 Å². The molecule has 2 rings (SSSR count). The number of nitrogens with one attached hydrogen (secondary N) is 1. The molecule has 0 radical (unpaired) electrons. The number of methoxy groups -OCH3 is 1. The highest BCUT2D eigenvalue weighted by Crippen LogP contribution is 2.12. The van der Waals surface area contributed by atoms with Crippen molar-refractivity contribution >= 4 is 11.3 Å². The molecule has 1 aromatic carbocycles. The minimum atomic E-state index is 0.722. The Hall–Kier alpha value is -1.30. The van der Waals surface area contributed by atoms with Gasteiger partial charge in [-0.2, -0.15) is 0 Å². The van der Waals surface area contributed by atoms with Crippen LogP contribution in [0.1, 0.15) is 15.6 Å². The average Bonchev–Trinajstić information content (AvgIpc) is 2.91. The first kappa shape index (κ1) is 14.1. The van der Waals surface area contributed by atoms with Crippen LogP contribution in [0.4, 0.5) is 0 Å². The van der Waals surface area contributed by atoms with Crippen LogP contribution in [-0.2, 0) is 24.1 Å². The molecule has 0 saturated carbocycles. The summed E-state index contributed by atoms with van der Waals surface area (Å²) >= 11 is 1.68. The summed E-state index contributed by atoms with van der Waals surface area (Å²) in [5.41, 5.74) is 1.34. The molecule has 0 saturated heterocycles. The number of ether oxygens (including phenoxy) is 1. The van der Waals surface area contributed by atoms with Crippen molar-refractivity contribution in [1.29, 1.82) is 0 Å². The maximum atomic E-state index is 4.98. The van der Waals surface area contributed by atoms with Crippen LogP contribution in [0.25, 0.3) is 0 Å². The quantitative estimate of drug-likeness (QED) is 0.750. The average molecular weight is 277 g/mol. The number of hydrogen-bond donors (Lipinski definition) is 1. The van der Waals surface area contributed by atoms with E-state index in [0.29, 0.717) is 0 Å². The van der Waals surface area contributed by atoms with Gasteiger partial charge in [-0.15, -0.1) is 21.5 Å². The highest BCUT2D eigenvalue weighted by atomic mass is 32.1. The molecule has 2 aromatic rings. The number of benzene rings is 1. The van der Waals surface area contributed by atoms with Gasteiger partial charge in [0.1, 0.15) is 10.0 Å². The second kappa shape index (κ2) is 7.99. The molecule has 1 aromatic heterocycles. The van der Waals surface area contributed by atoms with E-state index >= 15 is 0 Å². The van der Waals surface area contributed by atoms with E-state index in [-0.39, 0.29) is 0 Å². The Morgan fingerprint density at radius 1 is 1.11 bits per heavy atom. The predicted octanol–water partition coefficient (Wildman–Crippen LogP) is 2.06. The SMILES string of the molecule is COCCNCc1nnc(CCc2ccccc2)s1. The second-order valence-electron chi connectivity index (χ2n) is 4.24. The third-order valence-electron chi connectivity index (χ3n) is 2.74. The Morgan fingerprint density at radius 2 is 1.89 bits per heavy atom. The molecule has 4 nitrogen and oxygen atoms in total. The zero-order valence-electron chi connectivity index (χ0n) is 11.1. The van der Waals surface area contributed by atoms with Crippen molar-refractivity contribution in [2.24, 2.45) is 0 Å². The lowest BCUT2D eigenvalue weighted by Crippen LogP contribution is -2.18. The molecule has 1 N–H and O–H groups in total. The van der Waals surface area contributed by atoms with E-state index in [0.717, 1.165) is 42.6 Å². The largest absolute Gasteiger partial charge is 0.383 e. The van der Waals surface area contributed by atoms with Crippen LogP contribution in [0, 0.1) is 0 Å². The van der Waals surface area contributed by atoms with Crippen LogP contribution in [0.2, 0.25) is 0 Å². The van der Waals surface area contributed by atoms with E-state index in [2.05, 4.69) is 39.8 Å². The van der Waals surface area contributed by atoms with Crippen molar-refractivity contribution in [3.8, 4) is 0 Å². The van der Waals surface area contributed by atoms with Gasteiger partial charge in [0.25, 0.3) is 0 Å². The highest BCUT2D eigenvalue weighted by Gasteiger charge is 2.04. The fourth-order valence-corrected chi connectivity index (χ4v) is 2.54. The van der Waals surface area contributed by atoms with Crippen molar-refractivity contribution in [2.75, 3.05) is 20.3 Å². The van der Waals surface area contributed by atoms with Gasteiger partial charge in [0.2, 0.25) is 0 Å². The summed E-state index contributed by atoms with van der Waals surface area (Å²) in [6.45, 7) is 2.33. The first-order chi connectivity index (χ1) is 9.38. The van der Waals surface area contributed by atoms with Gasteiger partial charge in [-0.1, -0.05) is 30.3 Å². The minimum Gasteiger partial charge on any atom is -0.383 e. The monoisotopic (exact) mass is 277 g/mol. The molecular formula is C14H19N3OS. The number of nitrogens with zero attached hydrogens (tertiary/aromatic N) is 2. The Labute approximate surface area is 117 Å². The molecule has 0 atom stereocenters. The molecule has 5 heteroatoms. The molecule has 0 unspecified atom stereocenters. The van der Waals surface area contributed by atoms with E-state index in [1.807, 2.05) is 6.07 Å². The van der Waals surface area contributed by atoms with Crippen molar-refractivity contribution in [3.05, 3.63) is 45.9 Å². The van der Waals surface area contributed by atoms with Gasteiger partial charge in [-0.25, -0.2) is 0 Å². The molecule has 0 amide bonds. The Kier molecular flexibility index (Phi) is 5.94. The summed E-state index contributed by atoms with van der Waals surface area (Å²) in [5.74, 6) is 0. The fraction of sp³-hybridized carbons (Fsp3) is 0.429. The predicted molar refractivity (Wildman–Crippen MR) is 77.3 cm³/mol. The summed E-state index contributed by atoms with van der Waals surface area (Å²) in [6, 6.07) is 10.5. The summed E-state index contributed by atoms with van der Waals surface area (Å²) in [5, 5.41) is 13.8. The summed E-state index contributed by atoms with van der Waals surface area (Å²) in [6.07, 6.45) is 1.98.